The first-order chi connectivity index (χ1) is 12.7. The van der Waals surface area contributed by atoms with E-state index >= 15 is 0 Å². The zero-order valence-corrected chi connectivity index (χ0v) is 14.1. The number of fused-ring (bicyclic) bond motifs is 1. The summed E-state index contributed by atoms with van der Waals surface area (Å²) in [6.07, 6.45) is 10.4. The number of hydrogen-bond donors (Lipinski definition) is 0. The van der Waals surface area contributed by atoms with Crippen LogP contribution >= 0.6 is 0 Å². The molecule has 3 heterocycles. The molecule has 1 aromatic carbocycles. The molecular formula is C20H16FN5. The Hall–Kier alpha value is -3.41. The van der Waals surface area contributed by atoms with Crippen LogP contribution in [0.3, 0.4) is 0 Å². The van der Waals surface area contributed by atoms with E-state index in [9.17, 15) is 4.39 Å². The lowest BCUT2D eigenvalue weighted by Gasteiger charge is -2.27. The molecule has 0 spiro atoms. The predicted octanol–water partition coefficient (Wildman–Crippen LogP) is 2.24. The molecule has 1 atom stereocenters. The summed E-state index contributed by atoms with van der Waals surface area (Å²) in [7, 11) is 0. The molecular weight excluding hydrogens is 329 g/mol. The van der Waals surface area contributed by atoms with Gasteiger partial charge in [-0.05, 0) is 49.4 Å². The summed E-state index contributed by atoms with van der Waals surface area (Å²) in [4.78, 5) is 19.7. The van der Waals surface area contributed by atoms with E-state index in [-0.39, 0.29) is 12.0 Å². The first-order valence-electron chi connectivity index (χ1n) is 8.21. The summed E-state index contributed by atoms with van der Waals surface area (Å²) >= 11 is 0. The molecule has 1 aliphatic rings. The fraction of sp³-hybridized carbons (Fsp3) is 0.100. The van der Waals surface area contributed by atoms with Crippen molar-refractivity contribution in [1.82, 2.24) is 15.0 Å². The average molecular weight is 345 g/mol. The number of hydrogen-bond acceptors (Lipinski definition) is 5. The quantitative estimate of drug-likeness (QED) is 0.731. The van der Waals surface area contributed by atoms with Crippen LogP contribution < -0.4 is 15.5 Å². The van der Waals surface area contributed by atoms with Gasteiger partial charge in [-0.15, -0.1) is 0 Å². The van der Waals surface area contributed by atoms with Crippen LogP contribution in [0, 0.1) is 12.7 Å². The SMILES string of the molecule is Cc1nccnc1N1C=c2cc(F)ccc2=NC1C=Cc1ccccn1. The molecule has 0 N–H and O–H groups in total. The molecule has 1 aliphatic heterocycles. The maximum absolute atomic E-state index is 13.6. The molecule has 5 nitrogen and oxygen atoms in total. The highest BCUT2D eigenvalue weighted by atomic mass is 19.1. The van der Waals surface area contributed by atoms with Crippen molar-refractivity contribution in [2.24, 2.45) is 4.99 Å². The van der Waals surface area contributed by atoms with Gasteiger partial charge >= 0.3 is 0 Å². The van der Waals surface area contributed by atoms with Crippen LogP contribution in [0.15, 0.2) is 66.1 Å². The van der Waals surface area contributed by atoms with Gasteiger partial charge in [-0.25, -0.2) is 9.37 Å². The fourth-order valence-corrected chi connectivity index (χ4v) is 2.81. The summed E-state index contributed by atoms with van der Waals surface area (Å²) in [5, 5.41) is 1.44. The summed E-state index contributed by atoms with van der Waals surface area (Å²) in [5.74, 6) is 0.385. The zero-order valence-electron chi connectivity index (χ0n) is 14.1. The highest BCUT2D eigenvalue weighted by Gasteiger charge is 2.20. The molecule has 26 heavy (non-hydrogen) atoms. The number of anilines is 1. The van der Waals surface area contributed by atoms with Crippen LogP contribution in [0.4, 0.5) is 10.2 Å². The third-order valence-corrected chi connectivity index (χ3v) is 4.05. The van der Waals surface area contributed by atoms with Gasteiger partial charge in [-0.2, -0.15) is 0 Å². The number of aromatic nitrogens is 3. The van der Waals surface area contributed by atoms with Crippen molar-refractivity contribution in [2.75, 3.05) is 4.90 Å². The van der Waals surface area contributed by atoms with E-state index in [1.807, 2.05) is 48.4 Å². The molecule has 0 amide bonds. The van der Waals surface area contributed by atoms with Gasteiger partial charge in [0, 0.05) is 30.0 Å². The zero-order chi connectivity index (χ0) is 17.9. The minimum absolute atomic E-state index is 0.298. The third kappa shape index (κ3) is 3.21. The van der Waals surface area contributed by atoms with Crippen molar-refractivity contribution in [2.45, 2.75) is 13.1 Å². The molecule has 1 unspecified atom stereocenters. The average Bonchev–Trinajstić information content (AvgIpc) is 2.67. The van der Waals surface area contributed by atoms with Crippen molar-refractivity contribution < 1.29 is 4.39 Å². The molecule has 3 aromatic rings. The van der Waals surface area contributed by atoms with Crippen LogP contribution in [-0.4, -0.2) is 21.1 Å². The van der Waals surface area contributed by atoms with Gasteiger partial charge in [-0.1, -0.05) is 6.07 Å². The topological polar surface area (TPSA) is 54.3 Å². The van der Waals surface area contributed by atoms with Crippen molar-refractivity contribution in [3.63, 3.8) is 0 Å². The Kier molecular flexibility index (Phi) is 4.23. The molecule has 0 saturated heterocycles. The van der Waals surface area contributed by atoms with Crippen LogP contribution in [0.1, 0.15) is 11.4 Å². The van der Waals surface area contributed by atoms with Crippen LogP contribution in [0.5, 0.6) is 0 Å². The number of benzene rings is 1. The van der Waals surface area contributed by atoms with Gasteiger partial charge in [0.1, 0.15) is 12.0 Å². The van der Waals surface area contributed by atoms with E-state index in [2.05, 4.69) is 15.0 Å². The number of pyridine rings is 1. The first kappa shape index (κ1) is 16.1. The molecule has 6 heteroatoms. The van der Waals surface area contributed by atoms with Gasteiger partial charge in [0.2, 0.25) is 0 Å². The standard InChI is InChI=1S/C20H16FN5/c1-14-20(24-11-10-22-14)26-13-15-12-16(21)5-7-18(15)25-19(26)8-6-17-4-2-3-9-23-17/h2-13,19H,1H3. The predicted molar refractivity (Wildman–Crippen MR) is 98.0 cm³/mol. The maximum atomic E-state index is 13.6. The van der Waals surface area contributed by atoms with Crippen molar-refractivity contribution in [3.05, 3.63) is 88.8 Å². The van der Waals surface area contributed by atoms with E-state index < -0.39 is 0 Å². The summed E-state index contributed by atoms with van der Waals surface area (Å²) in [6, 6.07) is 10.3. The largest absolute Gasteiger partial charge is 0.304 e. The molecule has 2 aromatic heterocycles. The third-order valence-electron chi connectivity index (χ3n) is 4.05. The Morgan fingerprint density at radius 1 is 1.04 bits per heavy atom. The number of halogens is 1. The Morgan fingerprint density at radius 3 is 2.73 bits per heavy atom. The van der Waals surface area contributed by atoms with Crippen molar-refractivity contribution in [1.29, 1.82) is 0 Å². The fourth-order valence-electron chi connectivity index (χ4n) is 2.81. The normalized spacial score (nSPS) is 16.1. The number of nitrogens with zero attached hydrogens (tertiary/aromatic N) is 5. The Balaban J connectivity index is 1.82. The lowest BCUT2D eigenvalue weighted by atomic mass is 10.2. The highest BCUT2D eigenvalue weighted by Crippen LogP contribution is 2.20. The Labute approximate surface area is 149 Å². The van der Waals surface area contributed by atoms with Gasteiger partial charge < -0.3 is 4.90 Å². The lowest BCUT2D eigenvalue weighted by molar-refractivity contribution is 0.624. The van der Waals surface area contributed by atoms with E-state index in [0.29, 0.717) is 11.0 Å². The second kappa shape index (κ2) is 6.84. The molecule has 0 saturated carbocycles. The minimum atomic E-state index is -0.328. The smallest absolute Gasteiger partial charge is 0.156 e. The second-order valence-electron chi connectivity index (χ2n) is 5.86. The van der Waals surface area contributed by atoms with E-state index in [0.717, 1.165) is 16.7 Å². The monoisotopic (exact) mass is 345 g/mol. The second-order valence-corrected chi connectivity index (χ2v) is 5.86. The van der Waals surface area contributed by atoms with E-state index in [4.69, 9.17) is 4.99 Å². The van der Waals surface area contributed by atoms with Crippen LogP contribution in [-0.2, 0) is 0 Å². The molecule has 0 fully saturated rings. The first-order valence-corrected chi connectivity index (χ1v) is 8.21. The summed E-state index contributed by atoms with van der Waals surface area (Å²) in [5.41, 5.74) is 1.61. The molecule has 0 bridgehead atoms. The van der Waals surface area contributed by atoms with E-state index in [1.165, 1.54) is 12.1 Å². The Bertz CT molecular complexity index is 1080. The van der Waals surface area contributed by atoms with Crippen LogP contribution in [0.25, 0.3) is 12.3 Å². The molecule has 0 aliphatic carbocycles. The molecule has 128 valence electrons. The van der Waals surface area contributed by atoms with Gasteiger partial charge in [0.05, 0.1) is 16.7 Å². The van der Waals surface area contributed by atoms with Gasteiger partial charge in [-0.3, -0.25) is 15.0 Å². The number of aryl methyl sites for hydroxylation is 1. The number of rotatable bonds is 3. The Morgan fingerprint density at radius 2 is 1.92 bits per heavy atom. The van der Waals surface area contributed by atoms with E-state index in [1.54, 1.807) is 24.7 Å². The lowest BCUT2D eigenvalue weighted by Crippen LogP contribution is -2.42. The van der Waals surface area contributed by atoms with Crippen molar-refractivity contribution >= 4 is 18.1 Å². The molecule has 0 radical (unpaired) electrons. The summed E-state index contributed by atoms with van der Waals surface area (Å²) in [6.45, 7) is 1.89. The van der Waals surface area contributed by atoms with Crippen molar-refractivity contribution in [3.8, 4) is 0 Å². The van der Waals surface area contributed by atoms with Gasteiger partial charge in [0.15, 0.2) is 5.82 Å². The molecule has 4 rings (SSSR count). The highest BCUT2D eigenvalue weighted by molar-refractivity contribution is 5.60. The minimum Gasteiger partial charge on any atom is -0.304 e. The van der Waals surface area contributed by atoms with Gasteiger partial charge in [0.25, 0.3) is 0 Å². The maximum Gasteiger partial charge on any atom is 0.156 e. The summed E-state index contributed by atoms with van der Waals surface area (Å²) < 4.78 is 13.6. The van der Waals surface area contributed by atoms with Crippen LogP contribution in [0.2, 0.25) is 0 Å².